The molecule has 1 aromatic heterocycles. The van der Waals surface area contributed by atoms with Crippen LogP contribution in [0.25, 0.3) is 5.69 Å². The fourth-order valence-electron chi connectivity index (χ4n) is 4.09. The summed E-state index contributed by atoms with van der Waals surface area (Å²) in [5.74, 6) is 1.98. The fourth-order valence-corrected chi connectivity index (χ4v) is 4.87. The third-order valence-electron chi connectivity index (χ3n) is 6.01. The summed E-state index contributed by atoms with van der Waals surface area (Å²) in [5, 5.41) is 12.0. The van der Waals surface area contributed by atoms with Gasteiger partial charge in [0.1, 0.15) is 23.9 Å². The van der Waals surface area contributed by atoms with Gasteiger partial charge < -0.3 is 14.8 Å². The normalized spacial score (nSPS) is 17.9. The van der Waals surface area contributed by atoms with E-state index in [2.05, 4.69) is 22.4 Å². The van der Waals surface area contributed by atoms with Crippen LogP contribution >= 0.6 is 11.8 Å². The minimum absolute atomic E-state index is 0.0529. The number of methoxy groups -OCH3 is 1. The molecule has 0 spiro atoms. The van der Waals surface area contributed by atoms with Gasteiger partial charge in [-0.25, -0.2) is 4.39 Å². The second kappa shape index (κ2) is 11.4. The van der Waals surface area contributed by atoms with E-state index in [1.807, 2.05) is 0 Å². The van der Waals surface area contributed by atoms with Crippen molar-refractivity contribution in [3.05, 3.63) is 60.2 Å². The van der Waals surface area contributed by atoms with Gasteiger partial charge in [0.25, 0.3) is 0 Å². The van der Waals surface area contributed by atoms with Crippen molar-refractivity contribution < 1.29 is 18.7 Å². The van der Waals surface area contributed by atoms with Crippen LogP contribution in [0.15, 0.2) is 53.7 Å². The van der Waals surface area contributed by atoms with Crippen molar-refractivity contribution in [1.82, 2.24) is 20.1 Å². The average molecular weight is 485 g/mol. The summed E-state index contributed by atoms with van der Waals surface area (Å²) in [6.45, 7) is 2.27. The standard InChI is InChI=1S/C25H29FN4O3S/c1-17-7-3-5-9-21(17)27-24(31)16-34-25-29-28-23(30(25)22-10-6-4-8-20(22)26)15-33-19-13-11-18(32-2)12-14-19/h4,6,8,10-14,17,21H,3,5,7,9,15-16H2,1-2H3,(H,27,31). The van der Waals surface area contributed by atoms with Crippen molar-refractivity contribution in [3.8, 4) is 17.2 Å². The number of benzene rings is 2. The number of para-hydroxylation sites is 1. The molecule has 1 amide bonds. The minimum Gasteiger partial charge on any atom is -0.497 e. The lowest BCUT2D eigenvalue weighted by atomic mass is 9.86. The monoisotopic (exact) mass is 484 g/mol. The van der Waals surface area contributed by atoms with E-state index in [0.29, 0.717) is 28.3 Å². The maximum Gasteiger partial charge on any atom is 0.230 e. The second-order valence-corrected chi connectivity index (χ2v) is 9.32. The summed E-state index contributed by atoms with van der Waals surface area (Å²) in [4.78, 5) is 12.6. The number of rotatable bonds is 9. The Labute approximate surface area is 203 Å². The lowest BCUT2D eigenvalue weighted by Crippen LogP contribution is -2.41. The number of carbonyl (C=O) groups is 1. The molecule has 1 saturated carbocycles. The predicted octanol–water partition coefficient (Wildman–Crippen LogP) is 4.78. The summed E-state index contributed by atoms with van der Waals surface area (Å²) in [7, 11) is 1.60. The first-order valence-corrected chi connectivity index (χ1v) is 12.4. The van der Waals surface area contributed by atoms with Crippen LogP contribution in [-0.2, 0) is 11.4 Å². The van der Waals surface area contributed by atoms with Crippen molar-refractivity contribution in [1.29, 1.82) is 0 Å². The van der Waals surface area contributed by atoms with Crippen LogP contribution in [0.5, 0.6) is 11.5 Å². The Hall–Kier alpha value is -3.07. The summed E-state index contributed by atoms with van der Waals surface area (Å²) in [6.07, 6.45) is 4.50. The van der Waals surface area contributed by atoms with E-state index in [-0.39, 0.29) is 24.3 Å². The molecule has 9 heteroatoms. The quantitative estimate of drug-likeness (QED) is 0.441. The van der Waals surface area contributed by atoms with Gasteiger partial charge >= 0.3 is 0 Å². The molecule has 7 nitrogen and oxygen atoms in total. The third kappa shape index (κ3) is 5.88. The highest BCUT2D eigenvalue weighted by Crippen LogP contribution is 2.27. The van der Waals surface area contributed by atoms with E-state index in [9.17, 15) is 9.18 Å². The average Bonchev–Trinajstić information content (AvgIpc) is 3.26. The zero-order chi connectivity index (χ0) is 23.9. The van der Waals surface area contributed by atoms with Crippen LogP contribution in [0.2, 0.25) is 0 Å². The zero-order valence-corrected chi connectivity index (χ0v) is 20.2. The molecule has 0 aliphatic heterocycles. The smallest absolute Gasteiger partial charge is 0.230 e. The Balaban J connectivity index is 1.48. The highest BCUT2D eigenvalue weighted by atomic mass is 32.2. The van der Waals surface area contributed by atoms with Crippen LogP contribution in [0.3, 0.4) is 0 Å². The summed E-state index contributed by atoms with van der Waals surface area (Å²) in [6, 6.07) is 13.8. The number of hydrogen-bond donors (Lipinski definition) is 1. The van der Waals surface area contributed by atoms with Crippen LogP contribution in [0.1, 0.15) is 38.4 Å². The Bertz CT molecular complexity index is 1110. The molecule has 0 radical (unpaired) electrons. The maximum atomic E-state index is 14.7. The number of halogens is 1. The summed E-state index contributed by atoms with van der Waals surface area (Å²) in [5.41, 5.74) is 0.310. The van der Waals surface area contributed by atoms with Crippen molar-refractivity contribution in [2.75, 3.05) is 12.9 Å². The highest BCUT2D eigenvalue weighted by Gasteiger charge is 2.24. The van der Waals surface area contributed by atoms with Crippen LogP contribution in [-0.4, -0.2) is 39.6 Å². The first kappa shape index (κ1) is 24.1. The molecule has 1 heterocycles. The van der Waals surface area contributed by atoms with Crippen LogP contribution in [0, 0.1) is 11.7 Å². The van der Waals surface area contributed by atoms with E-state index in [1.165, 1.54) is 24.2 Å². The Morgan fingerprint density at radius 2 is 1.85 bits per heavy atom. The van der Waals surface area contributed by atoms with Crippen LogP contribution in [0.4, 0.5) is 4.39 Å². The van der Waals surface area contributed by atoms with Gasteiger partial charge in [0.15, 0.2) is 11.0 Å². The van der Waals surface area contributed by atoms with Gasteiger partial charge in [0.2, 0.25) is 5.91 Å². The number of amides is 1. The molecule has 1 aliphatic carbocycles. The molecule has 3 aromatic rings. The van der Waals surface area contributed by atoms with Crippen molar-refractivity contribution in [2.45, 2.75) is 50.4 Å². The molecule has 2 atom stereocenters. The third-order valence-corrected chi connectivity index (χ3v) is 6.94. The molecule has 4 rings (SSSR count). The van der Waals surface area contributed by atoms with Gasteiger partial charge in [0, 0.05) is 6.04 Å². The number of thioether (sulfide) groups is 1. The minimum atomic E-state index is -0.407. The molecule has 1 N–H and O–H groups in total. The van der Waals surface area contributed by atoms with Gasteiger partial charge in [-0.2, -0.15) is 0 Å². The number of nitrogens with one attached hydrogen (secondary N) is 1. The molecular weight excluding hydrogens is 455 g/mol. The molecule has 0 saturated heterocycles. The summed E-state index contributed by atoms with van der Waals surface area (Å²) >= 11 is 1.23. The molecule has 0 bridgehead atoms. The maximum absolute atomic E-state index is 14.7. The topological polar surface area (TPSA) is 78.3 Å². The van der Waals surface area contributed by atoms with Crippen LogP contribution < -0.4 is 14.8 Å². The Kier molecular flexibility index (Phi) is 8.05. The van der Waals surface area contributed by atoms with Gasteiger partial charge in [0.05, 0.1) is 18.6 Å². The fraction of sp³-hybridized carbons (Fsp3) is 0.400. The second-order valence-electron chi connectivity index (χ2n) is 8.37. The number of aromatic nitrogens is 3. The highest BCUT2D eigenvalue weighted by molar-refractivity contribution is 7.99. The zero-order valence-electron chi connectivity index (χ0n) is 19.4. The molecular formula is C25H29FN4O3S. The predicted molar refractivity (Wildman–Crippen MR) is 129 cm³/mol. The number of ether oxygens (including phenoxy) is 2. The summed E-state index contributed by atoms with van der Waals surface area (Å²) < 4.78 is 27.3. The van der Waals surface area contributed by atoms with E-state index in [4.69, 9.17) is 9.47 Å². The SMILES string of the molecule is COc1ccc(OCc2nnc(SCC(=O)NC3CCCCC3C)n2-c2ccccc2F)cc1. The molecule has 2 aromatic carbocycles. The molecule has 2 unspecified atom stereocenters. The molecule has 1 fully saturated rings. The van der Waals surface area contributed by atoms with Crippen molar-refractivity contribution >= 4 is 17.7 Å². The first-order chi connectivity index (χ1) is 16.5. The molecule has 1 aliphatic rings. The number of hydrogen-bond acceptors (Lipinski definition) is 6. The molecule has 34 heavy (non-hydrogen) atoms. The van der Waals surface area contributed by atoms with E-state index >= 15 is 0 Å². The lowest BCUT2D eigenvalue weighted by Gasteiger charge is -2.29. The lowest BCUT2D eigenvalue weighted by molar-refractivity contribution is -0.119. The van der Waals surface area contributed by atoms with Gasteiger partial charge in [-0.3, -0.25) is 9.36 Å². The number of carbonyl (C=O) groups excluding carboxylic acids is 1. The van der Waals surface area contributed by atoms with Crippen molar-refractivity contribution in [2.24, 2.45) is 5.92 Å². The van der Waals surface area contributed by atoms with E-state index in [0.717, 1.165) is 25.0 Å². The van der Waals surface area contributed by atoms with Crippen molar-refractivity contribution in [3.63, 3.8) is 0 Å². The largest absolute Gasteiger partial charge is 0.497 e. The first-order valence-electron chi connectivity index (χ1n) is 11.4. The molecule has 180 valence electrons. The van der Waals surface area contributed by atoms with Gasteiger partial charge in [-0.15, -0.1) is 10.2 Å². The van der Waals surface area contributed by atoms with E-state index < -0.39 is 5.82 Å². The van der Waals surface area contributed by atoms with Gasteiger partial charge in [-0.05, 0) is 55.2 Å². The Morgan fingerprint density at radius 3 is 2.59 bits per heavy atom. The van der Waals surface area contributed by atoms with E-state index in [1.54, 1.807) is 54.1 Å². The Morgan fingerprint density at radius 1 is 1.12 bits per heavy atom. The number of nitrogens with zero attached hydrogens (tertiary/aromatic N) is 3. The van der Waals surface area contributed by atoms with Gasteiger partial charge in [-0.1, -0.05) is 43.7 Å².